The van der Waals surface area contributed by atoms with E-state index < -0.39 is 0 Å². The van der Waals surface area contributed by atoms with E-state index in [1.165, 1.54) is 16.7 Å². The zero-order valence-corrected chi connectivity index (χ0v) is 19.0. The first-order valence-corrected chi connectivity index (χ1v) is 11.3. The molecule has 164 valence electrons. The average molecular weight is 449 g/mol. The van der Waals surface area contributed by atoms with Gasteiger partial charge in [-0.15, -0.1) is 11.8 Å². The second-order valence-electron chi connectivity index (χ2n) is 7.39. The van der Waals surface area contributed by atoms with Crippen molar-refractivity contribution in [3.05, 3.63) is 83.2 Å². The van der Waals surface area contributed by atoms with E-state index in [2.05, 4.69) is 0 Å². The van der Waals surface area contributed by atoms with Gasteiger partial charge in [0.2, 0.25) is 0 Å². The first-order chi connectivity index (χ1) is 15.5. The van der Waals surface area contributed by atoms with Crippen molar-refractivity contribution < 1.29 is 18.7 Å². The third kappa shape index (κ3) is 4.29. The number of ether oxygens (including phenoxy) is 1. The van der Waals surface area contributed by atoms with Crippen LogP contribution < -0.4 is 14.5 Å². The Morgan fingerprint density at radius 3 is 2.28 bits per heavy atom. The molecule has 0 bridgehead atoms. The van der Waals surface area contributed by atoms with Crippen molar-refractivity contribution >= 4 is 40.5 Å². The fraction of sp³-hybridized carbons (Fsp3) is 0.200. The summed E-state index contributed by atoms with van der Waals surface area (Å²) in [5.41, 5.74) is 2.61. The molecule has 0 saturated carbocycles. The quantitative estimate of drug-likeness (QED) is 0.454. The summed E-state index contributed by atoms with van der Waals surface area (Å²) in [5, 5.41) is 0. The molecule has 2 aromatic carbocycles. The highest BCUT2D eigenvalue weighted by atomic mass is 32.2. The lowest BCUT2D eigenvalue weighted by Crippen LogP contribution is -2.31. The Kier molecular flexibility index (Phi) is 6.37. The van der Waals surface area contributed by atoms with Gasteiger partial charge in [-0.1, -0.05) is 12.1 Å². The second kappa shape index (κ2) is 9.36. The molecule has 2 amide bonds. The Morgan fingerprint density at radius 1 is 0.969 bits per heavy atom. The summed E-state index contributed by atoms with van der Waals surface area (Å²) < 4.78 is 10.9. The lowest BCUT2D eigenvalue weighted by molar-refractivity contribution is -0.119. The van der Waals surface area contributed by atoms with Crippen LogP contribution in [0.15, 0.2) is 76.2 Å². The largest absolute Gasteiger partial charge is 0.494 e. The van der Waals surface area contributed by atoms with Crippen molar-refractivity contribution in [2.24, 2.45) is 0 Å². The molecule has 7 heteroatoms. The average Bonchev–Trinajstić information content (AvgIpc) is 3.39. The smallest absolute Gasteiger partial charge is 0.272 e. The predicted molar refractivity (Wildman–Crippen MR) is 128 cm³/mol. The number of furan rings is 1. The molecule has 0 unspecified atom stereocenters. The summed E-state index contributed by atoms with van der Waals surface area (Å²) in [6, 6.07) is 18.3. The summed E-state index contributed by atoms with van der Waals surface area (Å²) in [7, 11) is 3.88. The fourth-order valence-electron chi connectivity index (χ4n) is 3.45. The molecule has 0 N–H and O–H groups in total. The Balaban J connectivity index is 1.70. The van der Waals surface area contributed by atoms with E-state index in [-0.39, 0.29) is 11.8 Å². The zero-order chi connectivity index (χ0) is 22.7. The van der Waals surface area contributed by atoms with E-state index in [9.17, 15) is 9.59 Å². The standard InChI is InChI=1S/C25H24N2O4S/c1-4-30-20-13-7-17(8-14-20)22-23(32-16-21-6-5-15-31-21)25(29)27(24(22)28)19-11-9-18(10-12-19)26(2)3/h5-15H,4,16H2,1-3H3. The molecule has 1 aliphatic rings. The molecule has 0 fully saturated rings. The van der Waals surface area contributed by atoms with Gasteiger partial charge in [0.1, 0.15) is 11.5 Å². The number of hydrogen-bond donors (Lipinski definition) is 0. The van der Waals surface area contributed by atoms with Gasteiger partial charge in [0.15, 0.2) is 0 Å². The minimum Gasteiger partial charge on any atom is -0.494 e. The zero-order valence-electron chi connectivity index (χ0n) is 18.2. The number of imide groups is 1. The molecule has 2 heterocycles. The maximum atomic E-state index is 13.5. The molecule has 1 aliphatic heterocycles. The molecule has 0 saturated heterocycles. The van der Waals surface area contributed by atoms with Crippen molar-refractivity contribution in [3.63, 3.8) is 0 Å². The highest BCUT2D eigenvalue weighted by molar-refractivity contribution is 8.03. The van der Waals surface area contributed by atoms with E-state index in [0.29, 0.717) is 34.1 Å². The van der Waals surface area contributed by atoms with Crippen LogP contribution >= 0.6 is 11.8 Å². The van der Waals surface area contributed by atoms with Crippen LogP contribution in [0.4, 0.5) is 11.4 Å². The molecular formula is C25H24N2O4S. The molecule has 3 aromatic rings. The van der Waals surface area contributed by atoms with Gasteiger partial charge in [-0.25, -0.2) is 4.90 Å². The van der Waals surface area contributed by atoms with E-state index in [0.717, 1.165) is 17.2 Å². The summed E-state index contributed by atoms with van der Waals surface area (Å²) in [6.07, 6.45) is 1.60. The highest BCUT2D eigenvalue weighted by Crippen LogP contribution is 2.40. The van der Waals surface area contributed by atoms with Crippen molar-refractivity contribution in [2.75, 3.05) is 30.5 Å². The van der Waals surface area contributed by atoms with Crippen molar-refractivity contribution in [3.8, 4) is 5.75 Å². The van der Waals surface area contributed by atoms with Gasteiger partial charge in [-0.05, 0) is 61.0 Å². The maximum absolute atomic E-state index is 13.5. The first kappa shape index (κ1) is 21.8. The molecule has 0 spiro atoms. The van der Waals surface area contributed by atoms with Crippen LogP contribution in [0.25, 0.3) is 5.57 Å². The van der Waals surface area contributed by atoms with Gasteiger partial charge in [0, 0.05) is 19.8 Å². The number of carbonyl (C=O) groups excluding carboxylic acids is 2. The summed E-state index contributed by atoms with van der Waals surface area (Å²) in [6.45, 7) is 2.47. The fourth-order valence-corrected chi connectivity index (χ4v) is 4.47. The van der Waals surface area contributed by atoms with Gasteiger partial charge in [0.25, 0.3) is 11.8 Å². The lowest BCUT2D eigenvalue weighted by Gasteiger charge is -2.18. The summed E-state index contributed by atoms with van der Waals surface area (Å²) in [4.78, 5) is 30.5. The van der Waals surface area contributed by atoms with Crippen LogP contribution in [-0.2, 0) is 15.3 Å². The van der Waals surface area contributed by atoms with E-state index >= 15 is 0 Å². The molecular weight excluding hydrogens is 424 g/mol. The SMILES string of the molecule is CCOc1ccc(C2=C(SCc3ccco3)C(=O)N(c3ccc(N(C)C)cc3)C2=O)cc1. The van der Waals surface area contributed by atoms with E-state index in [1.54, 1.807) is 24.5 Å². The first-order valence-electron chi connectivity index (χ1n) is 10.3. The van der Waals surface area contributed by atoms with Gasteiger partial charge in [-0.2, -0.15) is 0 Å². The van der Waals surface area contributed by atoms with Crippen molar-refractivity contribution in [2.45, 2.75) is 12.7 Å². The van der Waals surface area contributed by atoms with Crippen LogP contribution in [0.5, 0.6) is 5.75 Å². The molecule has 0 aliphatic carbocycles. The van der Waals surface area contributed by atoms with Crippen LogP contribution in [0.1, 0.15) is 18.2 Å². The third-order valence-electron chi connectivity index (χ3n) is 5.06. The van der Waals surface area contributed by atoms with Gasteiger partial charge >= 0.3 is 0 Å². The monoisotopic (exact) mass is 448 g/mol. The molecule has 0 atom stereocenters. The van der Waals surface area contributed by atoms with Crippen molar-refractivity contribution in [1.29, 1.82) is 0 Å². The third-order valence-corrected chi connectivity index (χ3v) is 6.15. The maximum Gasteiger partial charge on any atom is 0.272 e. The Labute approximate surface area is 191 Å². The molecule has 6 nitrogen and oxygen atoms in total. The topological polar surface area (TPSA) is 63.0 Å². The number of nitrogens with zero attached hydrogens (tertiary/aromatic N) is 2. The van der Waals surface area contributed by atoms with Crippen molar-refractivity contribution in [1.82, 2.24) is 0 Å². The second-order valence-corrected chi connectivity index (χ2v) is 8.37. The number of rotatable bonds is 8. The molecule has 4 rings (SSSR count). The Morgan fingerprint density at radius 2 is 1.69 bits per heavy atom. The number of benzene rings is 2. The van der Waals surface area contributed by atoms with Crippen LogP contribution in [-0.4, -0.2) is 32.5 Å². The minimum atomic E-state index is -0.335. The van der Waals surface area contributed by atoms with Gasteiger partial charge < -0.3 is 14.1 Å². The number of amides is 2. The lowest BCUT2D eigenvalue weighted by atomic mass is 10.1. The molecule has 0 radical (unpaired) electrons. The highest BCUT2D eigenvalue weighted by Gasteiger charge is 2.40. The van der Waals surface area contributed by atoms with E-state index in [1.807, 2.05) is 68.4 Å². The normalized spacial score (nSPS) is 13.8. The minimum absolute atomic E-state index is 0.326. The van der Waals surface area contributed by atoms with Gasteiger partial charge in [0.05, 0.1) is 34.8 Å². The van der Waals surface area contributed by atoms with Crippen LogP contribution in [0, 0.1) is 0 Å². The molecule has 1 aromatic heterocycles. The summed E-state index contributed by atoms with van der Waals surface area (Å²) >= 11 is 1.31. The van der Waals surface area contributed by atoms with Crippen LogP contribution in [0.3, 0.4) is 0 Å². The Bertz CT molecular complexity index is 1130. The number of hydrogen-bond acceptors (Lipinski definition) is 6. The Hall–Kier alpha value is -3.45. The molecule has 32 heavy (non-hydrogen) atoms. The number of anilines is 2. The van der Waals surface area contributed by atoms with Crippen LogP contribution in [0.2, 0.25) is 0 Å². The number of carbonyl (C=O) groups is 2. The number of thioether (sulfide) groups is 1. The summed E-state index contributed by atoms with van der Waals surface area (Å²) in [5.74, 6) is 1.25. The predicted octanol–water partition coefficient (Wildman–Crippen LogP) is 4.96. The van der Waals surface area contributed by atoms with Gasteiger partial charge in [-0.3, -0.25) is 9.59 Å². The van der Waals surface area contributed by atoms with E-state index in [4.69, 9.17) is 9.15 Å².